The van der Waals surface area contributed by atoms with Crippen molar-refractivity contribution in [2.75, 3.05) is 49.6 Å². The van der Waals surface area contributed by atoms with Crippen LogP contribution in [0, 0.1) is 0 Å². The summed E-state index contributed by atoms with van der Waals surface area (Å²) >= 11 is 0. The number of piperazine rings is 1. The number of likely N-dealkylation sites (N-methyl/N-ethyl adjacent to an activating group) is 1. The number of pyridine rings is 1. The van der Waals surface area contributed by atoms with Gasteiger partial charge in [0.1, 0.15) is 5.82 Å². The highest BCUT2D eigenvalue weighted by molar-refractivity contribution is 5.44. The van der Waals surface area contributed by atoms with Gasteiger partial charge >= 0.3 is 0 Å². The summed E-state index contributed by atoms with van der Waals surface area (Å²) in [5.41, 5.74) is 2.65. The van der Waals surface area contributed by atoms with E-state index in [1.807, 2.05) is 24.7 Å². The molecular weight excluding hydrogens is 360 g/mol. The van der Waals surface area contributed by atoms with Gasteiger partial charge in [-0.1, -0.05) is 30.3 Å². The summed E-state index contributed by atoms with van der Waals surface area (Å²) in [6, 6.07) is 16.8. The summed E-state index contributed by atoms with van der Waals surface area (Å²) in [6.07, 6.45) is 6.50. The number of anilines is 2. The van der Waals surface area contributed by atoms with Gasteiger partial charge in [0, 0.05) is 64.9 Å². The molecule has 2 aromatic heterocycles. The summed E-state index contributed by atoms with van der Waals surface area (Å²) in [7, 11) is 2.05. The molecule has 6 nitrogen and oxygen atoms in total. The third-order valence-electron chi connectivity index (χ3n) is 5.40. The van der Waals surface area contributed by atoms with Crippen LogP contribution in [0.25, 0.3) is 0 Å². The molecule has 1 aliphatic rings. The Bertz CT molecular complexity index is 878. The van der Waals surface area contributed by atoms with E-state index in [-0.39, 0.29) is 0 Å². The lowest BCUT2D eigenvalue weighted by molar-refractivity contribution is 0.249. The van der Waals surface area contributed by atoms with Crippen LogP contribution >= 0.6 is 0 Å². The lowest BCUT2D eigenvalue weighted by atomic mass is 10.2. The number of hydrogen-bond donors (Lipinski definition) is 0. The monoisotopic (exact) mass is 388 g/mol. The molecule has 0 unspecified atom stereocenters. The summed E-state index contributed by atoms with van der Waals surface area (Å²) < 4.78 is 0. The third-order valence-corrected chi connectivity index (χ3v) is 5.40. The van der Waals surface area contributed by atoms with Crippen molar-refractivity contribution >= 4 is 11.8 Å². The molecule has 0 saturated carbocycles. The van der Waals surface area contributed by atoms with Crippen LogP contribution in [0.15, 0.2) is 67.1 Å². The maximum Gasteiger partial charge on any atom is 0.227 e. The lowest BCUT2D eigenvalue weighted by Crippen LogP contribution is -2.46. The minimum atomic E-state index is 0.781. The fraction of sp³-hybridized carbons (Fsp3) is 0.348. The minimum absolute atomic E-state index is 0.781. The first-order chi connectivity index (χ1) is 14.3. The highest BCUT2D eigenvalue weighted by atomic mass is 15.3. The predicted octanol–water partition coefficient (Wildman–Crippen LogP) is 2.87. The van der Waals surface area contributed by atoms with Crippen molar-refractivity contribution in [2.24, 2.45) is 0 Å². The number of nitrogens with zero attached hydrogens (tertiary/aromatic N) is 6. The minimum Gasteiger partial charge on any atom is -0.354 e. The maximum absolute atomic E-state index is 4.83. The van der Waals surface area contributed by atoms with Crippen LogP contribution < -0.4 is 9.80 Å². The van der Waals surface area contributed by atoms with Crippen LogP contribution in [-0.2, 0) is 13.0 Å². The summed E-state index contributed by atoms with van der Waals surface area (Å²) in [4.78, 5) is 20.4. The van der Waals surface area contributed by atoms with E-state index in [2.05, 4.69) is 74.2 Å². The molecule has 3 heterocycles. The van der Waals surface area contributed by atoms with E-state index in [1.54, 1.807) is 0 Å². The molecule has 0 atom stereocenters. The zero-order chi connectivity index (χ0) is 19.9. The van der Waals surface area contributed by atoms with Crippen LogP contribution in [0.4, 0.5) is 11.8 Å². The standard InChI is InChI=1S/C23H28N6/c1-27(14-10-20-7-11-24-12-8-20)23-25-13-9-22(26-23)29-17-15-28(16-18-29)19-21-5-3-2-4-6-21/h2-9,11-13H,10,14-19H2,1H3. The van der Waals surface area contributed by atoms with E-state index >= 15 is 0 Å². The average molecular weight is 389 g/mol. The van der Waals surface area contributed by atoms with E-state index in [1.165, 1.54) is 11.1 Å². The van der Waals surface area contributed by atoms with Gasteiger partial charge in [0.15, 0.2) is 0 Å². The largest absolute Gasteiger partial charge is 0.354 e. The topological polar surface area (TPSA) is 48.4 Å². The van der Waals surface area contributed by atoms with Crippen LogP contribution in [0.1, 0.15) is 11.1 Å². The van der Waals surface area contributed by atoms with E-state index in [0.29, 0.717) is 0 Å². The second-order valence-electron chi connectivity index (χ2n) is 7.49. The van der Waals surface area contributed by atoms with E-state index in [9.17, 15) is 0 Å². The molecule has 0 N–H and O–H groups in total. The molecule has 6 heteroatoms. The van der Waals surface area contributed by atoms with Gasteiger partial charge in [-0.25, -0.2) is 4.98 Å². The Hall–Kier alpha value is -2.99. The average Bonchev–Trinajstić information content (AvgIpc) is 2.79. The van der Waals surface area contributed by atoms with Crippen molar-refractivity contribution in [2.45, 2.75) is 13.0 Å². The molecule has 0 spiro atoms. The van der Waals surface area contributed by atoms with Gasteiger partial charge in [-0.3, -0.25) is 9.88 Å². The number of aromatic nitrogens is 3. The summed E-state index contributed by atoms with van der Waals surface area (Å²) in [5.74, 6) is 1.80. The Balaban J connectivity index is 1.31. The van der Waals surface area contributed by atoms with Crippen molar-refractivity contribution in [1.29, 1.82) is 0 Å². The van der Waals surface area contributed by atoms with Crippen molar-refractivity contribution in [3.8, 4) is 0 Å². The first kappa shape index (κ1) is 19.3. The maximum atomic E-state index is 4.83. The molecule has 150 valence electrons. The highest BCUT2D eigenvalue weighted by Gasteiger charge is 2.19. The number of hydrogen-bond acceptors (Lipinski definition) is 6. The molecule has 0 bridgehead atoms. The van der Waals surface area contributed by atoms with Crippen LogP contribution in [-0.4, -0.2) is 59.6 Å². The lowest BCUT2D eigenvalue weighted by Gasteiger charge is -2.35. The Morgan fingerprint density at radius 3 is 2.38 bits per heavy atom. The second-order valence-corrected chi connectivity index (χ2v) is 7.49. The van der Waals surface area contributed by atoms with Crippen LogP contribution in [0.3, 0.4) is 0 Å². The molecule has 0 aliphatic carbocycles. The molecule has 0 amide bonds. The highest BCUT2D eigenvalue weighted by Crippen LogP contribution is 2.17. The van der Waals surface area contributed by atoms with Crippen molar-refractivity contribution in [3.63, 3.8) is 0 Å². The van der Waals surface area contributed by atoms with Gasteiger partial charge in [-0.05, 0) is 35.7 Å². The third kappa shape index (κ3) is 5.29. The van der Waals surface area contributed by atoms with Crippen LogP contribution in [0.2, 0.25) is 0 Å². The van der Waals surface area contributed by atoms with Gasteiger partial charge in [0.05, 0.1) is 0 Å². The number of rotatable bonds is 7. The van der Waals surface area contributed by atoms with Gasteiger partial charge in [0.2, 0.25) is 5.95 Å². The van der Waals surface area contributed by atoms with Gasteiger partial charge in [-0.2, -0.15) is 4.98 Å². The Morgan fingerprint density at radius 1 is 0.862 bits per heavy atom. The van der Waals surface area contributed by atoms with Crippen molar-refractivity contribution in [3.05, 3.63) is 78.2 Å². The molecule has 0 radical (unpaired) electrons. The van der Waals surface area contributed by atoms with Gasteiger partial charge in [0.25, 0.3) is 0 Å². The fourth-order valence-corrected chi connectivity index (χ4v) is 3.62. The SMILES string of the molecule is CN(CCc1ccncc1)c1nccc(N2CCN(Cc3ccccc3)CC2)n1. The molecular formula is C23H28N6. The van der Waals surface area contributed by atoms with Crippen molar-refractivity contribution in [1.82, 2.24) is 19.9 Å². The Labute approximate surface area is 172 Å². The first-order valence-corrected chi connectivity index (χ1v) is 10.2. The molecule has 1 fully saturated rings. The number of benzene rings is 1. The van der Waals surface area contributed by atoms with Crippen LogP contribution in [0.5, 0.6) is 0 Å². The zero-order valence-corrected chi connectivity index (χ0v) is 17.0. The van der Waals surface area contributed by atoms with E-state index < -0.39 is 0 Å². The Kier molecular flexibility index (Phi) is 6.32. The molecule has 29 heavy (non-hydrogen) atoms. The quantitative estimate of drug-likeness (QED) is 0.620. The van der Waals surface area contributed by atoms with Crippen molar-refractivity contribution < 1.29 is 0 Å². The zero-order valence-electron chi connectivity index (χ0n) is 17.0. The predicted molar refractivity (Wildman–Crippen MR) is 117 cm³/mol. The second kappa shape index (κ2) is 9.47. The van der Waals surface area contributed by atoms with E-state index in [4.69, 9.17) is 4.98 Å². The molecule has 1 aromatic carbocycles. The summed E-state index contributed by atoms with van der Waals surface area (Å²) in [5, 5.41) is 0. The van der Waals surface area contributed by atoms with E-state index in [0.717, 1.165) is 57.5 Å². The molecule has 1 saturated heterocycles. The first-order valence-electron chi connectivity index (χ1n) is 10.2. The molecule has 4 rings (SSSR count). The normalized spacial score (nSPS) is 14.7. The molecule has 3 aromatic rings. The Morgan fingerprint density at radius 2 is 1.62 bits per heavy atom. The van der Waals surface area contributed by atoms with Gasteiger partial charge < -0.3 is 9.80 Å². The van der Waals surface area contributed by atoms with Gasteiger partial charge in [-0.15, -0.1) is 0 Å². The smallest absolute Gasteiger partial charge is 0.227 e. The molecule has 1 aliphatic heterocycles. The fourth-order valence-electron chi connectivity index (χ4n) is 3.62. The summed E-state index contributed by atoms with van der Waals surface area (Å²) in [6.45, 7) is 5.96.